The molecule has 10 nitrogen and oxygen atoms in total. The predicted octanol–water partition coefficient (Wildman–Crippen LogP) is 2.29. The number of carbonyl (C=O) groups excluding carboxylic acids is 1. The number of hydrogen-bond acceptors (Lipinski definition) is 6. The zero-order valence-corrected chi connectivity index (χ0v) is 18.2. The molecule has 13 heteroatoms. The lowest BCUT2D eigenvalue weighted by molar-refractivity contribution is -0.122. The molecule has 0 spiro atoms. The van der Waals surface area contributed by atoms with E-state index >= 15 is 0 Å². The Labute approximate surface area is 192 Å². The molecule has 3 atom stereocenters. The van der Waals surface area contributed by atoms with Gasteiger partial charge in [0.1, 0.15) is 11.9 Å². The number of halogens is 2. The Kier molecular flexibility index (Phi) is 6.01. The van der Waals surface area contributed by atoms with Crippen LogP contribution in [0.2, 0.25) is 0 Å². The van der Waals surface area contributed by atoms with Gasteiger partial charge in [0.2, 0.25) is 5.91 Å². The number of hydrogen-bond donors (Lipinski definition) is 3. The molecule has 0 bridgehead atoms. The minimum absolute atomic E-state index is 0.0229. The topological polar surface area (TPSA) is 149 Å². The molecule has 3 N–H and O–H groups in total. The molecule has 4 rings (SSSR count). The van der Waals surface area contributed by atoms with Gasteiger partial charge in [0.15, 0.2) is 11.6 Å². The molecule has 2 amide bonds. The van der Waals surface area contributed by atoms with Crippen LogP contribution in [0.15, 0.2) is 41.3 Å². The Morgan fingerprint density at radius 2 is 1.97 bits per heavy atom. The van der Waals surface area contributed by atoms with Gasteiger partial charge in [-0.15, -0.1) is 0 Å². The second kappa shape index (κ2) is 8.79. The lowest BCUT2D eigenvalue weighted by Gasteiger charge is -2.35. The maximum atomic E-state index is 13.8. The van der Waals surface area contributed by atoms with Crippen LogP contribution in [0.4, 0.5) is 25.0 Å². The molecule has 1 unspecified atom stereocenters. The molecule has 2 aromatic rings. The molecule has 1 fully saturated rings. The highest BCUT2D eigenvalue weighted by molar-refractivity contribution is 7.92. The van der Waals surface area contributed by atoms with Crippen molar-refractivity contribution in [3.05, 3.63) is 48.0 Å². The first-order chi connectivity index (χ1) is 16.1. The molecule has 1 heterocycles. The van der Waals surface area contributed by atoms with Gasteiger partial charge in [-0.25, -0.2) is 22.0 Å². The van der Waals surface area contributed by atoms with Crippen LogP contribution in [0.5, 0.6) is 5.75 Å². The zero-order valence-electron chi connectivity index (χ0n) is 17.4. The number of carboxylic acid groups (broad SMARTS) is 1. The van der Waals surface area contributed by atoms with Crippen molar-refractivity contribution in [1.82, 2.24) is 5.32 Å². The van der Waals surface area contributed by atoms with Crippen molar-refractivity contribution in [2.45, 2.75) is 17.4 Å². The smallest absolute Gasteiger partial charge is 0.409 e. The van der Waals surface area contributed by atoms with E-state index in [9.17, 15) is 26.8 Å². The average Bonchev–Trinajstić information content (AvgIpc) is 3.58. The molecular formula is C21H18F2N4O6S. The van der Waals surface area contributed by atoms with E-state index in [1.54, 1.807) is 0 Å². The summed E-state index contributed by atoms with van der Waals surface area (Å²) in [5.74, 6) is -3.61. The van der Waals surface area contributed by atoms with Crippen molar-refractivity contribution in [2.75, 3.05) is 22.7 Å². The highest BCUT2D eigenvalue weighted by Crippen LogP contribution is 2.40. The number of rotatable bonds is 6. The van der Waals surface area contributed by atoms with Gasteiger partial charge in [0.05, 0.1) is 41.6 Å². The summed E-state index contributed by atoms with van der Waals surface area (Å²) in [5, 5.41) is 22.6. The van der Waals surface area contributed by atoms with Crippen LogP contribution >= 0.6 is 0 Å². The van der Waals surface area contributed by atoms with Crippen molar-refractivity contribution in [2.24, 2.45) is 11.8 Å². The highest BCUT2D eigenvalue weighted by atomic mass is 32.2. The van der Waals surface area contributed by atoms with Crippen molar-refractivity contribution >= 4 is 33.4 Å². The average molecular weight is 492 g/mol. The number of sulfonamides is 1. The molecule has 178 valence electrons. The van der Waals surface area contributed by atoms with Gasteiger partial charge in [-0.1, -0.05) is 0 Å². The third-order valence-corrected chi connectivity index (χ3v) is 7.19. The number of amides is 2. The monoisotopic (exact) mass is 492 g/mol. The Morgan fingerprint density at radius 1 is 1.21 bits per heavy atom. The van der Waals surface area contributed by atoms with Crippen LogP contribution in [-0.2, 0) is 14.8 Å². The Morgan fingerprint density at radius 3 is 2.62 bits per heavy atom. The Hall–Kier alpha value is -3.92. The normalized spacial score (nSPS) is 21.0. The van der Waals surface area contributed by atoms with E-state index in [0.717, 1.165) is 10.4 Å². The Bertz CT molecular complexity index is 1310. The molecule has 2 aliphatic rings. The maximum Gasteiger partial charge on any atom is 0.409 e. The summed E-state index contributed by atoms with van der Waals surface area (Å²) < 4.78 is 60.6. The first-order valence-corrected chi connectivity index (χ1v) is 11.5. The third-order valence-electron chi connectivity index (χ3n) is 5.42. The molecule has 0 aromatic heterocycles. The van der Waals surface area contributed by atoms with Gasteiger partial charge in [-0.3, -0.25) is 14.4 Å². The molecule has 1 saturated carbocycles. The molecule has 1 aliphatic heterocycles. The predicted molar refractivity (Wildman–Crippen MR) is 114 cm³/mol. The third kappa shape index (κ3) is 4.58. The molecule has 0 saturated heterocycles. The van der Waals surface area contributed by atoms with Gasteiger partial charge in [0, 0.05) is 5.69 Å². The number of ether oxygens (including phenoxy) is 1. The van der Waals surface area contributed by atoms with Gasteiger partial charge in [0.25, 0.3) is 10.0 Å². The minimum Gasteiger partial charge on any atom is -0.484 e. The number of nitrogens with zero attached hydrogens (tertiary/aromatic N) is 2. The van der Waals surface area contributed by atoms with E-state index in [1.807, 2.05) is 6.07 Å². The summed E-state index contributed by atoms with van der Waals surface area (Å²) in [5.41, 5.74) is 0.0358. The quantitative estimate of drug-likeness (QED) is 0.560. The van der Waals surface area contributed by atoms with E-state index < -0.39 is 44.7 Å². The van der Waals surface area contributed by atoms with E-state index in [2.05, 4.69) is 10.6 Å². The van der Waals surface area contributed by atoms with Crippen molar-refractivity contribution in [3.8, 4) is 11.8 Å². The fourth-order valence-electron chi connectivity index (χ4n) is 3.58. The van der Waals surface area contributed by atoms with Crippen LogP contribution < -0.4 is 19.7 Å². The first-order valence-electron chi connectivity index (χ1n) is 10.1. The number of benzene rings is 2. The van der Waals surface area contributed by atoms with Gasteiger partial charge >= 0.3 is 6.09 Å². The number of nitrogens with one attached hydrogen (secondary N) is 2. The van der Waals surface area contributed by atoms with Crippen molar-refractivity contribution in [1.29, 1.82) is 5.26 Å². The number of fused-ring (bicyclic) bond motifs is 1. The number of carbonyl (C=O) groups is 2. The van der Waals surface area contributed by atoms with E-state index in [1.165, 1.54) is 18.2 Å². The Balaban J connectivity index is 1.64. The van der Waals surface area contributed by atoms with E-state index in [-0.39, 0.29) is 42.0 Å². The van der Waals surface area contributed by atoms with Gasteiger partial charge in [-0.2, -0.15) is 5.26 Å². The van der Waals surface area contributed by atoms with Crippen molar-refractivity contribution in [3.63, 3.8) is 0 Å². The van der Waals surface area contributed by atoms with Crippen LogP contribution in [0.1, 0.15) is 6.42 Å². The summed E-state index contributed by atoms with van der Waals surface area (Å²) in [6.07, 6.45) is -1.77. The number of nitriles is 1. The summed E-state index contributed by atoms with van der Waals surface area (Å²) >= 11 is 0. The van der Waals surface area contributed by atoms with Crippen molar-refractivity contribution < 1.29 is 36.6 Å². The maximum absolute atomic E-state index is 13.8. The second-order valence-electron chi connectivity index (χ2n) is 7.79. The SMILES string of the molecule is N#C[C@H]1C[C@H]1C(=O)NCC1CN(S(=O)(=O)c2ccc(F)c(F)c2)c2cc(NC(=O)O)ccc2O1. The van der Waals surface area contributed by atoms with E-state index in [0.29, 0.717) is 18.6 Å². The second-order valence-corrected chi connectivity index (χ2v) is 9.65. The number of anilines is 2. The lowest BCUT2D eigenvalue weighted by atomic mass is 10.2. The molecule has 0 radical (unpaired) electrons. The van der Waals surface area contributed by atoms with Crippen LogP contribution in [0.25, 0.3) is 0 Å². The molecule has 1 aliphatic carbocycles. The van der Waals surface area contributed by atoms with Crippen LogP contribution in [0, 0.1) is 34.8 Å². The highest BCUT2D eigenvalue weighted by Gasteiger charge is 2.43. The first kappa shape index (κ1) is 23.2. The molecule has 2 aromatic carbocycles. The summed E-state index contributed by atoms with van der Waals surface area (Å²) in [4.78, 5) is 22.7. The fraction of sp³-hybridized carbons (Fsp3) is 0.286. The molecule has 34 heavy (non-hydrogen) atoms. The zero-order chi connectivity index (χ0) is 24.6. The summed E-state index contributed by atoms with van der Waals surface area (Å²) in [7, 11) is -4.43. The van der Waals surface area contributed by atoms with Crippen LogP contribution in [-0.4, -0.2) is 44.7 Å². The van der Waals surface area contributed by atoms with Crippen LogP contribution in [0.3, 0.4) is 0 Å². The van der Waals surface area contributed by atoms with Gasteiger partial charge < -0.3 is 15.2 Å². The van der Waals surface area contributed by atoms with Gasteiger partial charge in [-0.05, 0) is 42.8 Å². The largest absolute Gasteiger partial charge is 0.484 e. The minimum atomic E-state index is -4.43. The van der Waals surface area contributed by atoms with E-state index in [4.69, 9.17) is 15.1 Å². The summed E-state index contributed by atoms with van der Waals surface area (Å²) in [6.45, 7) is -0.386. The lowest BCUT2D eigenvalue weighted by Crippen LogP contribution is -2.48. The molecular weight excluding hydrogens is 474 g/mol. The fourth-order valence-corrected chi connectivity index (χ4v) is 5.10. The standard InChI is InChI=1S/C21H18F2N4O6S/c22-16-3-2-14(7-17(16)23)34(31,32)27-10-13(9-25-20(28)15-5-11(15)8-24)33-19-4-1-12(6-18(19)27)26-21(29)30/h1-4,6-7,11,13,15,26H,5,9-10H2,(H,25,28)(H,29,30)/t11-,13?,15-/m1/s1. The summed E-state index contributed by atoms with van der Waals surface area (Å²) in [6, 6.07) is 8.10.